The number of aryl methyl sites for hydroxylation is 1. The Hall–Kier alpha value is -2.15. The maximum absolute atomic E-state index is 13.1. The number of benzene rings is 1. The highest BCUT2D eigenvalue weighted by atomic mass is 32.1. The summed E-state index contributed by atoms with van der Waals surface area (Å²) in [7, 11) is 0. The Morgan fingerprint density at radius 2 is 1.81 bits per heavy atom. The van der Waals surface area contributed by atoms with Gasteiger partial charge in [-0.3, -0.25) is 0 Å². The van der Waals surface area contributed by atoms with Crippen LogP contribution in [0.25, 0.3) is 0 Å². The van der Waals surface area contributed by atoms with Gasteiger partial charge in [0.15, 0.2) is 5.11 Å². The van der Waals surface area contributed by atoms with Crippen molar-refractivity contribution < 1.29 is 13.2 Å². The third-order valence-corrected chi connectivity index (χ3v) is 4.89. The number of thiocarbonyl (C=S) groups is 1. The molecule has 138 valence electrons. The van der Waals surface area contributed by atoms with E-state index in [2.05, 4.69) is 15.6 Å². The zero-order valence-corrected chi connectivity index (χ0v) is 15.2. The van der Waals surface area contributed by atoms with E-state index >= 15 is 0 Å². The highest BCUT2D eigenvalue weighted by molar-refractivity contribution is 7.80. The summed E-state index contributed by atoms with van der Waals surface area (Å²) < 4.78 is 39.3. The van der Waals surface area contributed by atoms with Crippen molar-refractivity contribution in [1.29, 1.82) is 0 Å². The third-order valence-electron chi connectivity index (χ3n) is 4.68. The number of hydrogen-bond acceptors (Lipinski definition) is 2. The number of nitrogens with zero attached hydrogens (tertiary/aromatic N) is 1. The van der Waals surface area contributed by atoms with Crippen LogP contribution in [-0.2, 0) is 11.7 Å². The van der Waals surface area contributed by atoms with Gasteiger partial charge in [-0.05, 0) is 61.8 Å². The van der Waals surface area contributed by atoms with Crippen LogP contribution in [0.15, 0.2) is 42.5 Å². The molecule has 1 saturated carbocycles. The normalized spacial score (nSPS) is 16.3. The minimum absolute atomic E-state index is 0.363. The molecule has 2 N–H and O–H groups in total. The van der Waals surface area contributed by atoms with Crippen LogP contribution in [0.2, 0.25) is 0 Å². The molecule has 1 aliphatic carbocycles. The van der Waals surface area contributed by atoms with Gasteiger partial charge < -0.3 is 10.6 Å². The predicted molar refractivity (Wildman–Crippen MR) is 99.9 cm³/mol. The molecule has 0 radical (unpaired) electrons. The van der Waals surface area contributed by atoms with Crippen molar-refractivity contribution in [3.8, 4) is 0 Å². The summed E-state index contributed by atoms with van der Waals surface area (Å²) in [6.07, 6.45) is -1.02. The molecule has 1 aromatic carbocycles. The topological polar surface area (TPSA) is 37.0 Å². The molecule has 7 heteroatoms. The summed E-state index contributed by atoms with van der Waals surface area (Å²) in [5.74, 6) is 0.611. The van der Waals surface area contributed by atoms with Gasteiger partial charge in [-0.25, -0.2) is 4.98 Å². The fourth-order valence-corrected chi connectivity index (χ4v) is 3.74. The van der Waals surface area contributed by atoms with Crippen molar-refractivity contribution in [3.05, 3.63) is 59.3 Å². The van der Waals surface area contributed by atoms with Crippen molar-refractivity contribution in [2.45, 2.75) is 44.3 Å². The fraction of sp³-hybridized carbons (Fsp3) is 0.368. The number of hydrogen-bond donors (Lipinski definition) is 2. The van der Waals surface area contributed by atoms with Gasteiger partial charge in [0, 0.05) is 5.69 Å². The molecule has 0 saturated heterocycles. The van der Waals surface area contributed by atoms with E-state index in [9.17, 15) is 13.2 Å². The van der Waals surface area contributed by atoms with E-state index in [1.54, 1.807) is 12.1 Å². The Bertz CT molecular complexity index is 799. The summed E-state index contributed by atoms with van der Waals surface area (Å²) in [5.41, 5.74) is 0.245. The molecular weight excluding hydrogens is 359 g/mol. The molecule has 0 aliphatic heterocycles. The summed E-state index contributed by atoms with van der Waals surface area (Å²) in [4.78, 5) is 4.34. The Morgan fingerprint density at radius 3 is 2.46 bits per heavy atom. The molecule has 1 aromatic heterocycles. The molecule has 26 heavy (non-hydrogen) atoms. The molecule has 0 unspecified atom stereocenters. The summed E-state index contributed by atoms with van der Waals surface area (Å²) in [5, 5.41) is 6.67. The van der Waals surface area contributed by atoms with Gasteiger partial charge in [0.2, 0.25) is 0 Å². The standard InChI is InChI=1S/C19H20F3N3S/c1-13-6-4-9-16(23-13)24-17(26)25-18(10-2-3-11-18)14-7-5-8-15(12-14)19(20,21)22/h4-9,12H,2-3,10-11H2,1H3,(H2,23,24,25,26). The Labute approximate surface area is 156 Å². The summed E-state index contributed by atoms with van der Waals surface area (Å²) in [6.45, 7) is 1.88. The Kier molecular flexibility index (Phi) is 5.18. The van der Waals surface area contributed by atoms with Crippen LogP contribution in [0.3, 0.4) is 0 Å². The second-order valence-corrected chi connectivity index (χ2v) is 7.02. The largest absolute Gasteiger partial charge is 0.416 e. The molecule has 3 nitrogen and oxygen atoms in total. The number of nitrogens with one attached hydrogen (secondary N) is 2. The highest BCUT2D eigenvalue weighted by Gasteiger charge is 2.38. The number of halogens is 3. The molecule has 1 aliphatic rings. The molecule has 0 amide bonds. The van der Waals surface area contributed by atoms with Crippen LogP contribution < -0.4 is 10.6 Å². The predicted octanol–water partition coefficient (Wildman–Crippen LogP) is 5.16. The Balaban J connectivity index is 1.83. The molecule has 0 atom stereocenters. The maximum atomic E-state index is 13.1. The zero-order valence-electron chi connectivity index (χ0n) is 14.4. The molecule has 1 fully saturated rings. The van der Waals surface area contributed by atoms with E-state index in [0.29, 0.717) is 16.5 Å². The third kappa shape index (κ3) is 4.15. The minimum Gasteiger partial charge on any atom is -0.353 e. The smallest absolute Gasteiger partial charge is 0.353 e. The first kappa shape index (κ1) is 18.6. The molecule has 3 rings (SSSR count). The fourth-order valence-electron chi connectivity index (χ4n) is 3.44. The molecular formula is C19H20F3N3S. The number of rotatable bonds is 3. The highest BCUT2D eigenvalue weighted by Crippen LogP contribution is 2.40. The van der Waals surface area contributed by atoms with Crippen molar-refractivity contribution in [3.63, 3.8) is 0 Å². The van der Waals surface area contributed by atoms with Gasteiger partial charge in [0.05, 0.1) is 11.1 Å². The van der Waals surface area contributed by atoms with Crippen LogP contribution in [0.4, 0.5) is 19.0 Å². The number of pyridine rings is 1. The number of anilines is 1. The lowest BCUT2D eigenvalue weighted by molar-refractivity contribution is -0.137. The van der Waals surface area contributed by atoms with Crippen molar-refractivity contribution in [1.82, 2.24) is 10.3 Å². The van der Waals surface area contributed by atoms with E-state index in [1.807, 2.05) is 19.1 Å². The SMILES string of the molecule is Cc1cccc(NC(=S)NC2(c3cccc(C(F)(F)F)c3)CCCC2)n1. The van der Waals surface area contributed by atoms with Gasteiger partial charge >= 0.3 is 6.18 Å². The van der Waals surface area contributed by atoms with E-state index in [-0.39, 0.29) is 0 Å². The van der Waals surface area contributed by atoms with Crippen molar-refractivity contribution >= 4 is 23.1 Å². The van der Waals surface area contributed by atoms with Gasteiger partial charge in [-0.15, -0.1) is 0 Å². The van der Waals surface area contributed by atoms with Gasteiger partial charge in [0.1, 0.15) is 5.82 Å². The monoisotopic (exact) mass is 379 g/mol. The average Bonchev–Trinajstić information content (AvgIpc) is 3.04. The van der Waals surface area contributed by atoms with Crippen LogP contribution in [0.1, 0.15) is 42.5 Å². The Morgan fingerprint density at radius 1 is 1.12 bits per heavy atom. The van der Waals surface area contributed by atoms with E-state index in [1.165, 1.54) is 12.1 Å². The molecule has 0 spiro atoms. The summed E-state index contributed by atoms with van der Waals surface area (Å²) in [6, 6.07) is 11.1. The molecule has 0 bridgehead atoms. The second kappa shape index (κ2) is 7.23. The van der Waals surface area contributed by atoms with E-state index in [0.717, 1.165) is 37.4 Å². The average molecular weight is 379 g/mol. The quantitative estimate of drug-likeness (QED) is 0.722. The second-order valence-electron chi connectivity index (χ2n) is 6.61. The first-order valence-corrected chi connectivity index (χ1v) is 8.90. The van der Waals surface area contributed by atoms with Crippen LogP contribution in [0.5, 0.6) is 0 Å². The number of alkyl halides is 3. The summed E-state index contributed by atoms with van der Waals surface area (Å²) >= 11 is 5.41. The lowest BCUT2D eigenvalue weighted by atomic mass is 9.87. The molecule has 1 heterocycles. The first-order chi connectivity index (χ1) is 12.3. The number of aromatic nitrogens is 1. The van der Waals surface area contributed by atoms with Gasteiger partial charge in [-0.1, -0.05) is 31.0 Å². The van der Waals surface area contributed by atoms with E-state index < -0.39 is 17.3 Å². The van der Waals surface area contributed by atoms with Crippen LogP contribution in [0, 0.1) is 6.92 Å². The van der Waals surface area contributed by atoms with Crippen molar-refractivity contribution in [2.24, 2.45) is 0 Å². The van der Waals surface area contributed by atoms with Gasteiger partial charge in [-0.2, -0.15) is 13.2 Å². The maximum Gasteiger partial charge on any atom is 0.416 e. The lowest BCUT2D eigenvalue weighted by Crippen LogP contribution is -2.45. The minimum atomic E-state index is -4.36. The van der Waals surface area contributed by atoms with Gasteiger partial charge in [0.25, 0.3) is 0 Å². The zero-order chi connectivity index (χ0) is 18.8. The first-order valence-electron chi connectivity index (χ1n) is 8.49. The van der Waals surface area contributed by atoms with Crippen LogP contribution >= 0.6 is 12.2 Å². The lowest BCUT2D eigenvalue weighted by Gasteiger charge is -2.33. The van der Waals surface area contributed by atoms with E-state index in [4.69, 9.17) is 12.2 Å². The van der Waals surface area contributed by atoms with Crippen molar-refractivity contribution in [2.75, 3.05) is 5.32 Å². The molecule has 2 aromatic rings. The van der Waals surface area contributed by atoms with Crippen LogP contribution in [-0.4, -0.2) is 10.1 Å².